The highest BCUT2D eigenvalue weighted by atomic mass is 16.6. The number of rotatable bonds is 4. The molecule has 0 aromatic heterocycles. The average molecular weight is 350 g/mol. The Morgan fingerprint density at radius 1 is 1.28 bits per heavy atom. The number of nitrogens with zero attached hydrogens (tertiary/aromatic N) is 3. The van der Waals surface area contributed by atoms with Gasteiger partial charge in [0.2, 0.25) is 5.90 Å². The third kappa shape index (κ3) is 5.21. The van der Waals surface area contributed by atoms with E-state index in [2.05, 4.69) is 27.1 Å². The second-order valence-corrected chi connectivity index (χ2v) is 7.74. The van der Waals surface area contributed by atoms with Crippen molar-refractivity contribution in [1.29, 1.82) is 0 Å². The molecule has 1 unspecified atom stereocenters. The molecule has 0 spiro atoms. The van der Waals surface area contributed by atoms with Gasteiger partial charge in [0.15, 0.2) is 0 Å². The summed E-state index contributed by atoms with van der Waals surface area (Å²) in [4.78, 5) is 14.4. The van der Waals surface area contributed by atoms with Crippen molar-refractivity contribution >= 4 is 18.7 Å². The summed E-state index contributed by atoms with van der Waals surface area (Å²) in [6.07, 6.45) is 3.79. The van der Waals surface area contributed by atoms with Gasteiger partial charge in [-0.3, -0.25) is 0 Å². The summed E-state index contributed by atoms with van der Waals surface area (Å²) in [6, 6.07) is 0.185. The molecule has 1 aliphatic heterocycles. The Hall–Kier alpha value is -2.05. The van der Waals surface area contributed by atoms with Gasteiger partial charge in [0, 0.05) is 37.6 Å². The molecule has 2 bridgehead atoms. The first kappa shape index (κ1) is 19.3. The predicted octanol–water partition coefficient (Wildman–Crippen LogP) is 2.79. The zero-order valence-electron chi connectivity index (χ0n) is 15.9. The molecule has 1 heterocycles. The molecule has 0 aromatic rings. The number of nitrogens with one attached hydrogen (secondary N) is 1. The minimum atomic E-state index is -0.474. The van der Waals surface area contributed by atoms with E-state index in [1.807, 2.05) is 33.8 Å². The highest BCUT2D eigenvalue weighted by molar-refractivity contribution is 5.88. The number of piperidine rings is 1. The number of likely N-dealkylation sites (tertiary alicyclic amines) is 1. The van der Waals surface area contributed by atoms with Crippen molar-refractivity contribution < 1.29 is 14.3 Å². The maximum Gasteiger partial charge on any atom is 0.407 e. The van der Waals surface area contributed by atoms with Crippen molar-refractivity contribution in [1.82, 2.24) is 10.2 Å². The Morgan fingerprint density at radius 3 is 2.36 bits per heavy atom. The maximum absolute atomic E-state index is 12.1. The van der Waals surface area contributed by atoms with Crippen LogP contribution in [0.5, 0.6) is 0 Å². The van der Waals surface area contributed by atoms with E-state index in [-0.39, 0.29) is 12.1 Å². The van der Waals surface area contributed by atoms with Crippen molar-refractivity contribution in [2.75, 3.05) is 20.2 Å². The van der Waals surface area contributed by atoms with E-state index >= 15 is 0 Å². The van der Waals surface area contributed by atoms with Crippen LogP contribution < -0.4 is 5.32 Å². The normalized spacial score (nSPS) is 27.1. The van der Waals surface area contributed by atoms with E-state index in [0.717, 1.165) is 31.6 Å². The van der Waals surface area contributed by atoms with Crippen molar-refractivity contribution in [2.45, 2.75) is 52.2 Å². The number of fused-ring (bicyclic) bond motifs is 2. The number of allylic oxidation sites excluding steroid dienone is 1. The number of carbonyl (C=O) groups excluding carboxylic acids is 1. The molecule has 2 aliphatic rings. The molecule has 0 radical (unpaired) electrons. The fraction of sp³-hybridized carbons (Fsp3) is 0.722. The second kappa shape index (κ2) is 7.89. The van der Waals surface area contributed by atoms with Gasteiger partial charge >= 0.3 is 6.09 Å². The number of hydrogen-bond donors (Lipinski definition) is 1. The van der Waals surface area contributed by atoms with Crippen LogP contribution in [-0.4, -0.2) is 55.5 Å². The Balaban J connectivity index is 1.99. The topological polar surface area (TPSA) is 75.5 Å². The monoisotopic (exact) mass is 350 g/mol. The molecule has 7 nitrogen and oxygen atoms in total. The Kier molecular flexibility index (Phi) is 6.08. The van der Waals surface area contributed by atoms with Gasteiger partial charge in [0.1, 0.15) is 5.60 Å². The molecule has 1 amide bonds. The zero-order valence-corrected chi connectivity index (χ0v) is 15.9. The lowest BCUT2D eigenvalue weighted by atomic mass is 9.92. The smallest absolute Gasteiger partial charge is 0.407 e. The minimum Gasteiger partial charge on any atom is -0.480 e. The lowest BCUT2D eigenvalue weighted by Gasteiger charge is -2.40. The summed E-state index contributed by atoms with van der Waals surface area (Å²) >= 11 is 0. The van der Waals surface area contributed by atoms with Crippen LogP contribution in [0.2, 0.25) is 0 Å². The third-order valence-electron chi connectivity index (χ3n) is 4.73. The van der Waals surface area contributed by atoms with Crippen LogP contribution in [0.1, 0.15) is 40.5 Å². The number of ether oxygens (including phenoxy) is 2. The van der Waals surface area contributed by atoms with E-state index < -0.39 is 5.60 Å². The number of alkyl carbamates (subject to hydrolysis) is 1. The fourth-order valence-electron chi connectivity index (χ4n) is 3.66. The molecule has 3 atom stereocenters. The lowest BCUT2D eigenvalue weighted by molar-refractivity contribution is 0.0438. The van der Waals surface area contributed by atoms with Gasteiger partial charge in [-0.1, -0.05) is 0 Å². The van der Waals surface area contributed by atoms with Crippen LogP contribution in [0.25, 0.3) is 0 Å². The molecule has 2 fully saturated rings. The quantitative estimate of drug-likeness (QED) is 0.480. The number of methoxy groups -OCH3 is 1. The highest BCUT2D eigenvalue weighted by Crippen LogP contribution is 2.38. The summed E-state index contributed by atoms with van der Waals surface area (Å²) in [7, 11) is 1.56. The number of carbonyl (C=O) groups is 1. The van der Waals surface area contributed by atoms with Crippen LogP contribution in [0, 0.1) is 11.8 Å². The van der Waals surface area contributed by atoms with Gasteiger partial charge in [-0.15, -0.1) is 5.10 Å². The van der Waals surface area contributed by atoms with E-state index in [1.54, 1.807) is 7.11 Å². The van der Waals surface area contributed by atoms with Crippen LogP contribution >= 0.6 is 0 Å². The van der Waals surface area contributed by atoms with E-state index in [4.69, 9.17) is 9.47 Å². The Labute approximate surface area is 150 Å². The van der Waals surface area contributed by atoms with Crippen molar-refractivity contribution in [3.05, 3.63) is 11.8 Å². The van der Waals surface area contributed by atoms with Crippen LogP contribution in [-0.2, 0) is 9.47 Å². The summed E-state index contributed by atoms with van der Waals surface area (Å²) < 4.78 is 10.6. The summed E-state index contributed by atoms with van der Waals surface area (Å²) in [5.74, 6) is 1.29. The average Bonchev–Trinajstić information content (AvgIpc) is 2.74. The summed E-state index contributed by atoms with van der Waals surface area (Å²) in [6.45, 7) is 12.8. The van der Waals surface area contributed by atoms with Crippen molar-refractivity contribution in [2.24, 2.45) is 22.0 Å². The molecule has 140 valence electrons. The highest BCUT2D eigenvalue weighted by Gasteiger charge is 2.43. The molecule has 25 heavy (non-hydrogen) atoms. The maximum atomic E-state index is 12.1. The van der Waals surface area contributed by atoms with Crippen molar-refractivity contribution in [3.63, 3.8) is 0 Å². The first-order valence-corrected chi connectivity index (χ1v) is 8.74. The summed E-state index contributed by atoms with van der Waals surface area (Å²) in [5, 5.41) is 10.5. The van der Waals surface area contributed by atoms with Crippen LogP contribution in [0.15, 0.2) is 22.0 Å². The molecule has 7 heteroatoms. The van der Waals surface area contributed by atoms with Crippen molar-refractivity contribution in [3.8, 4) is 0 Å². The first-order chi connectivity index (χ1) is 11.7. The van der Waals surface area contributed by atoms with Gasteiger partial charge in [0.05, 0.1) is 7.11 Å². The molecule has 1 saturated carbocycles. The minimum absolute atomic E-state index is 0.185. The predicted molar refractivity (Wildman–Crippen MR) is 98.7 cm³/mol. The van der Waals surface area contributed by atoms with E-state index in [1.165, 1.54) is 0 Å². The molecule has 1 N–H and O–H groups in total. The third-order valence-corrected chi connectivity index (χ3v) is 4.73. The molecule has 1 aliphatic carbocycles. The standard InChI is InChI=1S/C18H30N4O3/c1-12(9-15(24-6)21-19-5)22-10-13-7-8-14(11-22)16(13)20-17(23)25-18(2,3)4/h9,13-14,16H,5,7-8,10-11H2,1-4,6H3,(H,20,23)/b12-9+,21-15+/t13-,14?,16-/m0/s1. The SMILES string of the molecule is C=N/N=C(\C=C(/C)N1CC2CC[C@@H](C1)[C@@H]2NC(=O)OC(C)(C)C)OC. The number of hydrogen-bond acceptors (Lipinski definition) is 6. The van der Waals surface area contributed by atoms with Gasteiger partial charge in [0.25, 0.3) is 0 Å². The largest absolute Gasteiger partial charge is 0.480 e. The van der Waals surface area contributed by atoms with E-state index in [9.17, 15) is 4.79 Å². The summed E-state index contributed by atoms with van der Waals surface area (Å²) in [5.41, 5.74) is 0.606. The van der Waals surface area contributed by atoms with Crippen LogP contribution in [0.3, 0.4) is 0 Å². The van der Waals surface area contributed by atoms with Gasteiger partial charge in [-0.05, 0) is 52.4 Å². The Bertz CT molecular complexity index is 551. The van der Waals surface area contributed by atoms with Gasteiger partial charge in [-0.2, -0.15) is 5.10 Å². The van der Waals surface area contributed by atoms with Crippen LogP contribution in [0.4, 0.5) is 4.79 Å². The molecule has 1 saturated heterocycles. The van der Waals surface area contributed by atoms with E-state index in [0.29, 0.717) is 17.7 Å². The van der Waals surface area contributed by atoms with Gasteiger partial charge < -0.3 is 19.7 Å². The molecule has 0 aromatic carbocycles. The fourth-order valence-corrected chi connectivity index (χ4v) is 3.66. The zero-order chi connectivity index (χ0) is 18.6. The molecular formula is C18H30N4O3. The lowest BCUT2D eigenvalue weighted by Crippen LogP contribution is -2.52. The second-order valence-electron chi connectivity index (χ2n) is 7.74. The van der Waals surface area contributed by atoms with Gasteiger partial charge in [-0.25, -0.2) is 4.79 Å². The first-order valence-electron chi connectivity index (χ1n) is 8.74. The molecule has 2 rings (SSSR count). The Morgan fingerprint density at radius 2 is 1.88 bits per heavy atom. The number of amides is 1. The molecular weight excluding hydrogens is 320 g/mol.